The first kappa shape index (κ1) is 12.5. The molecule has 17 heavy (non-hydrogen) atoms. The van der Waals surface area contributed by atoms with Gasteiger partial charge in [0.2, 0.25) is 0 Å². The predicted octanol–water partition coefficient (Wildman–Crippen LogP) is 3.55. The maximum Gasteiger partial charge on any atom is 0.372 e. The summed E-state index contributed by atoms with van der Waals surface area (Å²) in [6.07, 6.45) is 0. The Morgan fingerprint density at radius 1 is 1.47 bits per heavy atom. The van der Waals surface area contributed by atoms with Gasteiger partial charge in [0.05, 0.1) is 15.9 Å². The zero-order chi connectivity index (χ0) is 12.8. The van der Waals surface area contributed by atoms with E-state index in [-0.39, 0.29) is 26.4 Å². The maximum absolute atomic E-state index is 13.3. The maximum atomic E-state index is 13.3. The van der Waals surface area contributed by atoms with Crippen LogP contribution in [0.15, 0.2) is 16.6 Å². The fraction of sp³-hybridized carbons (Fsp3) is 0.222. The molecule has 2 N–H and O–H groups in total. The third-order valence-corrected chi connectivity index (χ3v) is 3.18. The van der Waals surface area contributed by atoms with Gasteiger partial charge in [-0.05, 0) is 28.1 Å². The van der Waals surface area contributed by atoms with Crippen molar-refractivity contribution in [2.24, 2.45) is 0 Å². The SMILES string of the molecule is Nc1nn(C(F)(F)CF)c2c(Br)ccc(Cl)c12. The Bertz CT molecular complexity index is 584. The minimum atomic E-state index is -3.76. The molecule has 3 nitrogen and oxygen atoms in total. The monoisotopic (exact) mass is 327 g/mol. The van der Waals surface area contributed by atoms with Crippen molar-refractivity contribution in [3.63, 3.8) is 0 Å². The van der Waals surface area contributed by atoms with Crippen LogP contribution in [0.1, 0.15) is 0 Å². The number of benzene rings is 1. The van der Waals surface area contributed by atoms with Crippen molar-refractivity contribution in [1.82, 2.24) is 9.78 Å². The molecule has 8 heteroatoms. The van der Waals surface area contributed by atoms with Crippen LogP contribution in [-0.2, 0) is 6.05 Å². The minimum absolute atomic E-state index is 0.0300. The van der Waals surface area contributed by atoms with Gasteiger partial charge in [-0.2, -0.15) is 13.5 Å². The van der Waals surface area contributed by atoms with Crippen LogP contribution in [0.5, 0.6) is 0 Å². The summed E-state index contributed by atoms with van der Waals surface area (Å²) in [4.78, 5) is 0. The standard InChI is InChI=1S/C9H6BrClF3N3/c10-4-1-2-5(11)6-7(4)17(16-8(6)15)9(13,14)3-12/h1-2H,3H2,(H2,15,16). The van der Waals surface area contributed by atoms with Gasteiger partial charge in [0, 0.05) is 4.47 Å². The Labute approximate surface area is 107 Å². The molecule has 1 aromatic heterocycles. The first-order chi connectivity index (χ1) is 7.88. The van der Waals surface area contributed by atoms with E-state index in [2.05, 4.69) is 21.0 Å². The fourth-order valence-corrected chi connectivity index (χ4v) is 2.24. The second kappa shape index (κ2) is 4.06. The molecule has 0 amide bonds. The average molecular weight is 329 g/mol. The number of nitrogens with zero attached hydrogens (tertiary/aromatic N) is 2. The molecular formula is C9H6BrClF3N3. The first-order valence-electron chi connectivity index (χ1n) is 4.45. The molecule has 1 aromatic carbocycles. The summed E-state index contributed by atoms with van der Waals surface area (Å²) in [6.45, 7) is -1.87. The van der Waals surface area contributed by atoms with E-state index in [1.54, 1.807) is 0 Å². The van der Waals surface area contributed by atoms with E-state index in [0.29, 0.717) is 4.47 Å². The van der Waals surface area contributed by atoms with Gasteiger partial charge in [0.15, 0.2) is 12.5 Å². The van der Waals surface area contributed by atoms with Crippen LogP contribution in [-0.4, -0.2) is 16.5 Å². The van der Waals surface area contributed by atoms with Crippen LogP contribution < -0.4 is 5.73 Å². The zero-order valence-electron chi connectivity index (χ0n) is 8.22. The molecule has 1 heterocycles. The average Bonchev–Trinajstić information content (AvgIpc) is 2.64. The lowest BCUT2D eigenvalue weighted by Gasteiger charge is -2.14. The summed E-state index contributed by atoms with van der Waals surface area (Å²) in [7, 11) is 0. The first-order valence-corrected chi connectivity index (χ1v) is 5.62. The predicted molar refractivity (Wildman–Crippen MR) is 63.0 cm³/mol. The molecule has 0 unspecified atom stereocenters. The van der Waals surface area contributed by atoms with Gasteiger partial charge in [-0.25, -0.2) is 4.39 Å². The number of anilines is 1. The normalized spacial score (nSPS) is 12.3. The van der Waals surface area contributed by atoms with Crippen molar-refractivity contribution in [2.75, 3.05) is 12.4 Å². The van der Waals surface area contributed by atoms with Crippen LogP contribution >= 0.6 is 27.5 Å². The van der Waals surface area contributed by atoms with Crippen molar-refractivity contribution in [3.05, 3.63) is 21.6 Å². The van der Waals surface area contributed by atoms with E-state index >= 15 is 0 Å². The lowest BCUT2D eigenvalue weighted by molar-refractivity contribution is -0.105. The van der Waals surface area contributed by atoms with Gasteiger partial charge in [-0.3, -0.25) is 0 Å². The van der Waals surface area contributed by atoms with Crippen LogP contribution in [0, 0.1) is 0 Å². The number of halogens is 5. The Morgan fingerprint density at radius 2 is 2.12 bits per heavy atom. The summed E-state index contributed by atoms with van der Waals surface area (Å²) in [6, 6.07) is -0.802. The van der Waals surface area contributed by atoms with E-state index in [1.807, 2.05) is 0 Å². The quantitative estimate of drug-likeness (QED) is 0.916. The lowest BCUT2D eigenvalue weighted by atomic mass is 10.2. The second-order valence-corrected chi connectivity index (χ2v) is 4.61. The van der Waals surface area contributed by atoms with E-state index in [9.17, 15) is 13.2 Å². The number of alkyl halides is 3. The molecule has 0 saturated carbocycles. The molecule has 0 aliphatic heterocycles. The summed E-state index contributed by atoms with van der Waals surface area (Å²) in [5.74, 6) is -0.167. The second-order valence-electron chi connectivity index (χ2n) is 3.35. The van der Waals surface area contributed by atoms with Gasteiger partial charge in [-0.15, -0.1) is 5.10 Å². The third-order valence-electron chi connectivity index (χ3n) is 2.22. The van der Waals surface area contributed by atoms with Gasteiger partial charge < -0.3 is 5.73 Å². The molecule has 0 bridgehead atoms. The summed E-state index contributed by atoms with van der Waals surface area (Å²) >= 11 is 8.93. The molecule has 0 fully saturated rings. The molecule has 0 spiro atoms. The highest BCUT2D eigenvalue weighted by atomic mass is 79.9. The van der Waals surface area contributed by atoms with E-state index in [1.165, 1.54) is 12.1 Å². The number of nitrogen functional groups attached to an aromatic ring is 1. The molecule has 0 atom stereocenters. The van der Waals surface area contributed by atoms with Crippen molar-refractivity contribution in [3.8, 4) is 0 Å². The molecular weight excluding hydrogens is 322 g/mol. The van der Waals surface area contributed by atoms with Gasteiger partial charge in [0.1, 0.15) is 0 Å². The molecule has 92 valence electrons. The highest BCUT2D eigenvalue weighted by Gasteiger charge is 2.35. The number of hydrogen-bond donors (Lipinski definition) is 1. The van der Waals surface area contributed by atoms with Crippen molar-refractivity contribution < 1.29 is 13.2 Å². The van der Waals surface area contributed by atoms with Crippen molar-refractivity contribution >= 4 is 44.3 Å². The highest BCUT2D eigenvalue weighted by Crippen LogP contribution is 2.37. The molecule has 0 saturated heterocycles. The van der Waals surface area contributed by atoms with Crippen LogP contribution in [0.25, 0.3) is 10.9 Å². The van der Waals surface area contributed by atoms with Crippen LogP contribution in [0.2, 0.25) is 5.02 Å². The Balaban J connectivity index is 2.88. The van der Waals surface area contributed by atoms with Crippen molar-refractivity contribution in [2.45, 2.75) is 6.05 Å². The fourth-order valence-electron chi connectivity index (χ4n) is 1.49. The molecule has 0 aliphatic rings. The lowest BCUT2D eigenvalue weighted by Crippen LogP contribution is -2.26. The van der Waals surface area contributed by atoms with Gasteiger partial charge in [-0.1, -0.05) is 11.6 Å². The number of rotatable bonds is 2. The van der Waals surface area contributed by atoms with Crippen LogP contribution in [0.3, 0.4) is 0 Å². The Morgan fingerprint density at radius 3 is 2.71 bits per heavy atom. The summed E-state index contributed by atoms with van der Waals surface area (Å²) < 4.78 is 39.6. The topological polar surface area (TPSA) is 43.8 Å². The third kappa shape index (κ3) is 1.87. The zero-order valence-corrected chi connectivity index (χ0v) is 10.6. The number of hydrogen-bond acceptors (Lipinski definition) is 2. The van der Waals surface area contributed by atoms with Crippen molar-refractivity contribution in [1.29, 1.82) is 0 Å². The van der Waals surface area contributed by atoms with E-state index in [4.69, 9.17) is 17.3 Å². The highest BCUT2D eigenvalue weighted by molar-refractivity contribution is 9.10. The number of nitrogens with two attached hydrogens (primary N) is 1. The Hall–Kier alpha value is -0.950. The van der Waals surface area contributed by atoms with Gasteiger partial charge in [0.25, 0.3) is 0 Å². The molecule has 0 aliphatic carbocycles. The van der Waals surface area contributed by atoms with E-state index in [0.717, 1.165) is 0 Å². The summed E-state index contributed by atoms with van der Waals surface area (Å²) in [5.41, 5.74) is 5.48. The van der Waals surface area contributed by atoms with E-state index < -0.39 is 12.7 Å². The minimum Gasteiger partial charge on any atom is -0.382 e. The number of fused-ring (bicyclic) bond motifs is 1. The Kier molecular flexibility index (Phi) is 2.99. The van der Waals surface area contributed by atoms with Crippen LogP contribution in [0.4, 0.5) is 19.0 Å². The largest absolute Gasteiger partial charge is 0.382 e. The molecule has 0 radical (unpaired) electrons. The van der Waals surface area contributed by atoms with Gasteiger partial charge >= 0.3 is 6.05 Å². The molecule has 2 rings (SSSR count). The number of aromatic nitrogens is 2. The summed E-state index contributed by atoms with van der Waals surface area (Å²) in [5, 5.41) is 3.80. The molecule has 2 aromatic rings. The smallest absolute Gasteiger partial charge is 0.372 e.